The van der Waals surface area contributed by atoms with Crippen molar-refractivity contribution in [2.24, 2.45) is 0 Å². The molecular weight excluding hydrogens is 296 g/mol. The molecule has 0 heterocycles. The lowest BCUT2D eigenvalue weighted by atomic mass is 9.99. The van der Waals surface area contributed by atoms with Crippen molar-refractivity contribution < 1.29 is 14.5 Å². The van der Waals surface area contributed by atoms with Gasteiger partial charge in [-0.15, -0.1) is 0 Å². The fraction of sp³-hybridized carbons (Fsp3) is 0.353. The summed E-state index contributed by atoms with van der Waals surface area (Å²) in [5.74, 6) is 0. The number of carbonyl (C=O) groups excluding carboxylic acids is 1. The highest BCUT2D eigenvalue weighted by Crippen LogP contribution is 2.33. The first-order chi connectivity index (χ1) is 11.0. The molecule has 0 aliphatic rings. The number of benzene rings is 2. The molecule has 1 unspecified atom stereocenters. The van der Waals surface area contributed by atoms with Crippen LogP contribution in [0.15, 0.2) is 36.4 Å². The van der Waals surface area contributed by atoms with Crippen LogP contribution in [0, 0.1) is 10.1 Å². The summed E-state index contributed by atoms with van der Waals surface area (Å²) in [6.07, 6.45) is 0.761. The number of carbonyl (C=O) groups is 1. The van der Waals surface area contributed by atoms with Gasteiger partial charge in [-0.05, 0) is 18.7 Å². The zero-order chi connectivity index (χ0) is 16.8. The van der Waals surface area contributed by atoms with Crippen LogP contribution in [0.4, 0.5) is 10.5 Å². The molecule has 1 N–H and O–H groups in total. The number of nitrogens with zero attached hydrogens (tertiary/aromatic N) is 1. The Labute approximate surface area is 134 Å². The van der Waals surface area contributed by atoms with Gasteiger partial charge < -0.3 is 10.1 Å². The second-order valence-corrected chi connectivity index (χ2v) is 5.31. The number of alkyl carbamates (subject to hydrolysis) is 1. The first-order valence-corrected chi connectivity index (χ1v) is 7.65. The number of amides is 1. The van der Waals surface area contributed by atoms with Crippen molar-refractivity contribution in [3.05, 3.63) is 52.1 Å². The number of hydrogen-bond acceptors (Lipinski definition) is 4. The Morgan fingerprint density at radius 1 is 1.30 bits per heavy atom. The van der Waals surface area contributed by atoms with Gasteiger partial charge in [0.05, 0.1) is 10.3 Å². The van der Waals surface area contributed by atoms with E-state index in [-0.39, 0.29) is 5.69 Å². The molecule has 2 aromatic rings. The van der Waals surface area contributed by atoms with Crippen LogP contribution >= 0.6 is 0 Å². The number of hydrogen-bond donors (Lipinski definition) is 1. The molecule has 0 spiro atoms. The summed E-state index contributed by atoms with van der Waals surface area (Å²) in [7, 11) is 0. The Morgan fingerprint density at radius 2 is 2.00 bits per heavy atom. The van der Waals surface area contributed by atoms with E-state index in [1.807, 2.05) is 6.92 Å². The summed E-state index contributed by atoms with van der Waals surface area (Å²) in [5, 5.41) is 15.2. The SMILES string of the molecule is CCCCNC(=O)OC(C)c1cccc2cccc([N+](=O)[O-])c12. The zero-order valence-electron chi connectivity index (χ0n) is 13.2. The lowest BCUT2D eigenvalue weighted by molar-refractivity contribution is -0.383. The normalized spacial score (nSPS) is 11.9. The van der Waals surface area contributed by atoms with Crippen molar-refractivity contribution in [1.29, 1.82) is 0 Å². The van der Waals surface area contributed by atoms with Gasteiger partial charge in [0.25, 0.3) is 5.69 Å². The van der Waals surface area contributed by atoms with Gasteiger partial charge in [0.1, 0.15) is 6.10 Å². The minimum Gasteiger partial charge on any atom is -0.442 e. The standard InChI is InChI=1S/C17H20N2O4/c1-3-4-11-18-17(20)23-12(2)14-9-5-7-13-8-6-10-15(16(13)14)19(21)22/h5-10,12H,3-4,11H2,1-2H3,(H,18,20). The highest BCUT2D eigenvalue weighted by Gasteiger charge is 2.20. The minimum atomic E-state index is -0.582. The van der Waals surface area contributed by atoms with Gasteiger partial charge in [-0.25, -0.2) is 4.79 Å². The number of ether oxygens (including phenoxy) is 1. The molecule has 2 rings (SSSR count). The Morgan fingerprint density at radius 3 is 2.65 bits per heavy atom. The zero-order valence-corrected chi connectivity index (χ0v) is 13.2. The number of nitro benzene ring substituents is 1. The van der Waals surface area contributed by atoms with Gasteiger partial charge in [0.15, 0.2) is 0 Å². The minimum absolute atomic E-state index is 0.0138. The van der Waals surface area contributed by atoms with Gasteiger partial charge in [-0.1, -0.05) is 43.7 Å². The number of fused-ring (bicyclic) bond motifs is 1. The van der Waals surface area contributed by atoms with E-state index in [9.17, 15) is 14.9 Å². The highest BCUT2D eigenvalue weighted by atomic mass is 16.6. The predicted molar refractivity (Wildman–Crippen MR) is 88.4 cm³/mol. The van der Waals surface area contributed by atoms with E-state index >= 15 is 0 Å². The summed E-state index contributed by atoms with van der Waals surface area (Å²) < 4.78 is 5.35. The number of unbranched alkanes of at least 4 members (excludes halogenated alkanes) is 1. The monoisotopic (exact) mass is 316 g/mol. The molecule has 0 bridgehead atoms. The molecule has 6 nitrogen and oxygen atoms in total. The highest BCUT2D eigenvalue weighted by molar-refractivity contribution is 5.94. The topological polar surface area (TPSA) is 81.5 Å². The molecular formula is C17H20N2O4. The first kappa shape index (κ1) is 16.7. The Bertz CT molecular complexity index is 710. The summed E-state index contributed by atoms with van der Waals surface area (Å²) >= 11 is 0. The molecule has 0 fully saturated rings. The lowest BCUT2D eigenvalue weighted by Gasteiger charge is -2.16. The van der Waals surface area contributed by atoms with Crippen LogP contribution in [0.3, 0.4) is 0 Å². The van der Waals surface area contributed by atoms with Crippen molar-refractivity contribution in [3.8, 4) is 0 Å². The van der Waals surface area contributed by atoms with Crippen LogP contribution in [0.25, 0.3) is 10.8 Å². The summed E-state index contributed by atoms with van der Waals surface area (Å²) in [4.78, 5) is 22.6. The van der Waals surface area contributed by atoms with Gasteiger partial charge in [-0.3, -0.25) is 10.1 Å². The molecule has 2 aromatic carbocycles. The maximum Gasteiger partial charge on any atom is 0.407 e. The van der Waals surface area contributed by atoms with Crippen molar-refractivity contribution in [2.45, 2.75) is 32.8 Å². The van der Waals surface area contributed by atoms with Gasteiger partial charge in [0, 0.05) is 18.2 Å². The quantitative estimate of drug-likeness (QED) is 0.488. The van der Waals surface area contributed by atoms with E-state index in [1.54, 1.807) is 37.3 Å². The van der Waals surface area contributed by atoms with Gasteiger partial charge in [0.2, 0.25) is 0 Å². The first-order valence-electron chi connectivity index (χ1n) is 7.65. The van der Waals surface area contributed by atoms with Crippen LogP contribution in [-0.4, -0.2) is 17.6 Å². The molecule has 0 saturated carbocycles. The number of non-ortho nitro benzene ring substituents is 1. The van der Waals surface area contributed by atoms with E-state index in [0.29, 0.717) is 17.5 Å². The van der Waals surface area contributed by atoms with Crippen LogP contribution in [0.2, 0.25) is 0 Å². The van der Waals surface area contributed by atoms with E-state index in [0.717, 1.165) is 18.2 Å². The predicted octanol–water partition coefficient (Wildman–Crippen LogP) is 4.34. The summed E-state index contributed by atoms with van der Waals surface area (Å²) in [6.45, 7) is 4.30. The molecule has 122 valence electrons. The van der Waals surface area contributed by atoms with Crippen molar-refractivity contribution in [3.63, 3.8) is 0 Å². The maximum absolute atomic E-state index is 11.8. The van der Waals surface area contributed by atoms with Crippen LogP contribution in [-0.2, 0) is 4.74 Å². The summed E-state index contributed by atoms with van der Waals surface area (Å²) in [6, 6.07) is 10.3. The Kier molecular flexibility index (Phi) is 5.51. The fourth-order valence-corrected chi connectivity index (χ4v) is 2.47. The molecule has 0 aromatic heterocycles. The third kappa shape index (κ3) is 3.97. The number of nitro groups is 1. The maximum atomic E-state index is 11.8. The van der Waals surface area contributed by atoms with Crippen molar-refractivity contribution in [2.75, 3.05) is 6.54 Å². The second kappa shape index (κ2) is 7.58. The van der Waals surface area contributed by atoms with Gasteiger partial charge >= 0.3 is 6.09 Å². The van der Waals surface area contributed by atoms with Crippen LogP contribution < -0.4 is 5.32 Å². The van der Waals surface area contributed by atoms with Crippen LogP contribution in [0.1, 0.15) is 38.4 Å². The average Bonchev–Trinajstić information content (AvgIpc) is 2.53. The molecule has 0 aliphatic carbocycles. The lowest BCUT2D eigenvalue weighted by Crippen LogP contribution is -2.26. The smallest absolute Gasteiger partial charge is 0.407 e. The molecule has 1 atom stereocenters. The van der Waals surface area contributed by atoms with E-state index in [2.05, 4.69) is 5.32 Å². The second-order valence-electron chi connectivity index (χ2n) is 5.31. The number of rotatable bonds is 6. The molecule has 0 saturated heterocycles. The van der Waals surface area contributed by atoms with E-state index in [4.69, 9.17) is 4.74 Å². The third-order valence-corrected chi connectivity index (χ3v) is 3.63. The molecule has 1 amide bonds. The van der Waals surface area contributed by atoms with Gasteiger partial charge in [-0.2, -0.15) is 0 Å². The largest absolute Gasteiger partial charge is 0.442 e. The average molecular weight is 316 g/mol. The van der Waals surface area contributed by atoms with Crippen molar-refractivity contribution >= 4 is 22.6 Å². The van der Waals surface area contributed by atoms with E-state index in [1.165, 1.54) is 6.07 Å². The Hall–Kier alpha value is -2.63. The Balaban J connectivity index is 2.28. The molecule has 6 heteroatoms. The summed E-state index contributed by atoms with van der Waals surface area (Å²) in [5.41, 5.74) is 0.639. The number of nitrogens with one attached hydrogen (secondary N) is 1. The van der Waals surface area contributed by atoms with Crippen LogP contribution in [0.5, 0.6) is 0 Å². The van der Waals surface area contributed by atoms with E-state index < -0.39 is 17.1 Å². The molecule has 23 heavy (non-hydrogen) atoms. The molecule has 0 radical (unpaired) electrons. The van der Waals surface area contributed by atoms with Crippen molar-refractivity contribution in [1.82, 2.24) is 5.32 Å². The molecule has 0 aliphatic heterocycles. The third-order valence-electron chi connectivity index (χ3n) is 3.63. The fourth-order valence-electron chi connectivity index (χ4n) is 2.47.